The quantitative estimate of drug-likeness (QED) is 0.697. The third-order valence-corrected chi connectivity index (χ3v) is 2.26. The van der Waals surface area contributed by atoms with Gasteiger partial charge in [-0.3, -0.25) is 9.59 Å². The van der Waals surface area contributed by atoms with E-state index in [0.717, 1.165) is 0 Å². The van der Waals surface area contributed by atoms with Crippen molar-refractivity contribution in [2.75, 3.05) is 0 Å². The van der Waals surface area contributed by atoms with Crippen LogP contribution < -0.4 is 11.1 Å². The first kappa shape index (κ1) is 11.7. The Morgan fingerprint density at radius 3 is 2.60 bits per heavy atom. The van der Waals surface area contributed by atoms with Crippen molar-refractivity contribution in [3.05, 3.63) is 33.1 Å². The van der Waals surface area contributed by atoms with E-state index in [4.69, 9.17) is 5.11 Å². The zero-order valence-electron chi connectivity index (χ0n) is 9.01. The van der Waals surface area contributed by atoms with Crippen molar-refractivity contribution in [3.8, 4) is 0 Å². The third kappa shape index (κ3) is 3.06. The molecule has 0 aliphatic heterocycles. The van der Waals surface area contributed by atoms with E-state index in [-0.39, 0.29) is 6.10 Å². The van der Waals surface area contributed by atoms with Crippen LogP contribution in [0.25, 0.3) is 0 Å². The van der Waals surface area contributed by atoms with Gasteiger partial charge in [0.05, 0.1) is 6.10 Å². The Morgan fingerprint density at radius 1 is 1.33 bits per heavy atom. The van der Waals surface area contributed by atoms with Gasteiger partial charge in [0.1, 0.15) is 0 Å². The van der Waals surface area contributed by atoms with Crippen LogP contribution in [0.3, 0.4) is 0 Å². The standard InChI is InChI=1S/C10H16N2O3/c1-8(13)4-3-5-12-7-6-11(2)9(14)10(12)15/h6-8,13H,3-5H2,1-2H3. The number of aliphatic hydroxyl groups excluding tert-OH is 1. The van der Waals surface area contributed by atoms with Crippen molar-refractivity contribution in [1.29, 1.82) is 0 Å². The summed E-state index contributed by atoms with van der Waals surface area (Å²) in [5, 5.41) is 9.05. The maximum atomic E-state index is 11.4. The van der Waals surface area contributed by atoms with Crippen molar-refractivity contribution in [1.82, 2.24) is 9.13 Å². The van der Waals surface area contributed by atoms with Gasteiger partial charge in [0.15, 0.2) is 0 Å². The molecule has 0 aliphatic carbocycles. The molecule has 1 rings (SSSR count). The average Bonchev–Trinajstić information content (AvgIpc) is 2.18. The van der Waals surface area contributed by atoms with Crippen LogP contribution in [-0.4, -0.2) is 20.3 Å². The Morgan fingerprint density at radius 2 is 2.00 bits per heavy atom. The zero-order chi connectivity index (χ0) is 11.4. The molecule has 1 aromatic rings. The first-order valence-corrected chi connectivity index (χ1v) is 4.96. The molecule has 1 N–H and O–H groups in total. The summed E-state index contributed by atoms with van der Waals surface area (Å²) < 4.78 is 2.64. The molecule has 15 heavy (non-hydrogen) atoms. The Kier molecular flexibility index (Phi) is 3.85. The van der Waals surface area contributed by atoms with Crippen molar-refractivity contribution in [2.24, 2.45) is 7.05 Å². The van der Waals surface area contributed by atoms with Crippen LogP contribution in [0.15, 0.2) is 22.0 Å². The molecule has 1 atom stereocenters. The van der Waals surface area contributed by atoms with Crippen molar-refractivity contribution in [2.45, 2.75) is 32.4 Å². The molecule has 0 radical (unpaired) electrons. The summed E-state index contributed by atoms with van der Waals surface area (Å²) in [5.41, 5.74) is -1.03. The molecule has 0 aliphatic rings. The van der Waals surface area contributed by atoms with Gasteiger partial charge in [-0.1, -0.05) is 0 Å². The number of aryl methyl sites for hydroxylation is 2. The van der Waals surface area contributed by atoms with Crippen LogP contribution in [0.4, 0.5) is 0 Å². The maximum Gasteiger partial charge on any atom is 0.316 e. The Hall–Kier alpha value is -1.36. The molecule has 0 amide bonds. The highest BCUT2D eigenvalue weighted by atomic mass is 16.3. The number of hydrogen-bond donors (Lipinski definition) is 1. The number of hydrogen-bond acceptors (Lipinski definition) is 3. The molecule has 1 aromatic heterocycles. The summed E-state index contributed by atoms with van der Waals surface area (Å²) >= 11 is 0. The topological polar surface area (TPSA) is 64.2 Å². The van der Waals surface area contributed by atoms with Gasteiger partial charge < -0.3 is 14.2 Å². The summed E-state index contributed by atoms with van der Waals surface area (Å²) in [6.07, 6.45) is 4.09. The van der Waals surface area contributed by atoms with Crippen LogP contribution in [0.1, 0.15) is 19.8 Å². The van der Waals surface area contributed by atoms with E-state index in [2.05, 4.69) is 0 Å². The number of aromatic nitrogens is 2. The molecule has 0 spiro atoms. The Labute approximate surface area is 87.6 Å². The first-order chi connectivity index (χ1) is 7.02. The number of nitrogens with zero attached hydrogens (tertiary/aromatic N) is 2. The number of rotatable bonds is 4. The molecule has 5 nitrogen and oxygen atoms in total. The predicted octanol–water partition coefficient (Wildman–Crippen LogP) is -0.292. The van der Waals surface area contributed by atoms with Gasteiger partial charge in [-0.25, -0.2) is 0 Å². The number of aliphatic hydroxyl groups is 1. The Bertz CT molecular complexity index is 431. The molecule has 1 heterocycles. The Balaban J connectivity index is 2.75. The molecule has 84 valence electrons. The summed E-state index contributed by atoms with van der Waals surface area (Å²) in [6, 6.07) is 0. The molecule has 5 heteroatoms. The average molecular weight is 212 g/mol. The van der Waals surface area contributed by atoms with Crippen LogP contribution in [-0.2, 0) is 13.6 Å². The zero-order valence-corrected chi connectivity index (χ0v) is 9.01. The lowest BCUT2D eigenvalue weighted by molar-refractivity contribution is 0.179. The highest BCUT2D eigenvalue weighted by molar-refractivity contribution is 4.84. The molecule has 0 saturated carbocycles. The highest BCUT2D eigenvalue weighted by Crippen LogP contribution is 1.96. The smallest absolute Gasteiger partial charge is 0.316 e. The van der Waals surface area contributed by atoms with Crippen LogP contribution in [0, 0.1) is 0 Å². The molecule has 0 saturated heterocycles. The molecular formula is C10H16N2O3. The minimum absolute atomic E-state index is 0.368. The lowest BCUT2D eigenvalue weighted by Crippen LogP contribution is -2.39. The SMILES string of the molecule is CC(O)CCCn1ccn(C)c(=O)c1=O. The van der Waals surface area contributed by atoms with Crippen molar-refractivity contribution in [3.63, 3.8) is 0 Å². The normalized spacial score (nSPS) is 12.7. The fourth-order valence-electron chi connectivity index (χ4n) is 1.32. The molecular weight excluding hydrogens is 196 g/mol. The summed E-state index contributed by atoms with van der Waals surface area (Å²) in [4.78, 5) is 22.7. The van der Waals surface area contributed by atoms with Crippen molar-refractivity contribution < 1.29 is 5.11 Å². The summed E-state index contributed by atoms with van der Waals surface area (Å²) in [6.45, 7) is 2.17. The fourth-order valence-corrected chi connectivity index (χ4v) is 1.32. The molecule has 1 unspecified atom stereocenters. The van der Waals surface area contributed by atoms with Crippen LogP contribution in [0.2, 0.25) is 0 Å². The van der Waals surface area contributed by atoms with Gasteiger partial charge >= 0.3 is 11.1 Å². The van der Waals surface area contributed by atoms with Gasteiger partial charge in [0.25, 0.3) is 0 Å². The van der Waals surface area contributed by atoms with E-state index in [1.165, 1.54) is 9.13 Å². The van der Waals surface area contributed by atoms with E-state index in [0.29, 0.717) is 19.4 Å². The lowest BCUT2D eigenvalue weighted by atomic mass is 10.2. The van der Waals surface area contributed by atoms with E-state index in [1.807, 2.05) is 0 Å². The van der Waals surface area contributed by atoms with E-state index in [9.17, 15) is 9.59 Å². The molecule has 0 fully saturated rings. The monoisotopic (exact) mass is 212 g/mol. The van der Waals surface area contributed by atoms with E-state index < -0.39 is 11.1 Å². The first-order valence-electron chi connectivity index (χ1n) is 4.96. The van der Waals surface area contributed by atoms with Gasteiger partial charge in [0, 0.05) is 26.0 Å². The fraction of sp³-hybridized carbons (Fsp3) is 0.600. The van der Waals surface area contributed by atoms with Crippen LogP contribution in [0.5, 0.6) is 0 Å². The minimum Gasteiger partial charge on any atom is -0.393 e. The summed E-state index contributed by atoms with van der Waals surface area (Å²) in [5.74, 6) is 0. The lowest BCUT2D eigenvalue weighted by Gasteiger charge is -2.07. The van der Waals surface area contributed by atoms with Gasteiger partial charge in [0.2, 0.25) is 0 Å². The largest absolute Gasteiger partial charge is 0.393 e. The van der Waals surface area contributed by atoms with E-state index in [1.54, 1.807) is 26.4 Å². The minimum atomic E-state index is -0.519. The van der Waals surface area contributed by atoms with E-state index >= 15 is 0 Å². The second-order valence-corrected chi connectivity index (χ2v) is 3.70. The second kappa shape index (κ2) is 4.93. The molecule has 0 bridgehead atoms. The van der Waals surface area contributed by atoms with Crippen molar-refractivity contribution >= 4 is 0 Å². The van der Waals surface area contributed by atoms with Crippen LogP contribution >= 0.6 is 0 Å². The predicted molar refractivity (Wildman–Crippen MR) is 56.9 cm³/mol. The third-order valence-electron chi connectivity index (χ3n) is 2.26. The van der Waals surface area contributed by atoms with Gasteiger partial charge in [-0.2, -0.15) is 0 Å². The maximum absolute atomic E-state index is 11.4. The van der Waals surface area contributed by atoms with Gasteiger partial charge in [-0.15, -0.1) is 0 Å². The molecule has 0 aromatic carbocycles. The highest BCUT2D eigenvalue weighted by Gasteiger charge is 2.02. The summed E-state index contributed by atoms with van der Waals surface area (Å²) in [7, 11) is 1.55. The second-order valence-electron chi connectivity index (χ2n) is 3.70. The van der Waals surface area contributed by atoms with Gasteiger partial charge in [-0.05, 0) is 19.8 Å².